The van der Waals surface area contributed by atoms with E-state index in [4.69, 9.17) is 0 Å². The third-order valence-corrected chi connectivity index (χ3v) is 1.84. The summed E-state index contributed by atoms with van der Waals surface area (Å²) < 4.78 is 0. The lowest BCUT2D eigenvalue weighted by molar-refractivity contribution is -0.140. The van der Waals surface area contributed by atoms with Crippen molar-refractivity contribution in [3.63, 3.8) is 0 Å². The van der Waals surface area contributed by atoms with Gasteiger partial charge in [-0.25, -0.2) is 0 Å². The molecule has 0 aliphatic rings. The van der Waals surface area contributed by atoms with Crippen molar-refractivity contribution in [3.05, 3.63) is 0 Å². The molecule has 0 aliphatic heterocycles. The van der Waals surface area contributed by atoms with Gasteiger partial charge in [-0.3, -0.25) is 9.59 Å². The fourth-order valence-electron chi connectivity index (χ4n) is 0.627. The van der Waals surface area contributed by atoms with Gasteiger partial charge in [0.25, 0.3) is 0 Å². The summed E-state index contributed by atoms with van der Waals surface area (Å²) in [6.07, 6.45) is -0.188. The Kier molecular flexibility index (Phi) is 3.39. The summed E-state index contributed by atoms with van der Waals surface area (Å²) in [5, 5.41) is 9.30. The van der Waals surface area contributed by atoms with E-state index in [2.05, 4.69) is 0 Å². The van der Waals surface area contributed by atoms with Crippen molar-refractivity contribution < 1.29 is 14.7 Å². The smallest absolute Gasteiger partial charge is 0.171 e. The summed E-state index contributed by atoms with van der Waals surface area (Å²) in [7, 11) is 0. The zero-order chi connectivity index (χ0) is 10.9. The van der Waals surface area contributed by atoms with Crippen LogP contribution in [0.5, 0.6) is 0 Å². The fourth-order valence-corrected chi connectivity index (χ4v) is 0.627. The lowest BCUT2D eigenvalue weighted by atomic mass is 9.85. The number of hydrogen-bond acceptors (Lipinski definition) is 3. The molecule has 0 amide bonds. The zero-order valence-corrected chi connectivity index (χ0v) is 8.97. The van der Waals surface area contributed by atoms with Crippen LogP contribution in [0.15, 0.2) is 0 Å². The molecule has 0 saturated carbocycles. The third-order valence-electron chi connectivity index (χ3n) is 1.84. The minimum absolute atomic E-state index is 0.139. The quantitative estimate of drug-likeness (QED) is 0.676. The highest BCUT2D eigenvalue weighted by atomic mass is 16.3. The van der Waals surface area contributed by atoms with Gasteiger partial charge in [0, 0.05) is 5.41 Å². The number of aliphatic hydroxyl groups is 1. The van der Waals surface area contributed by atoms with E-state index in [9.17, 15) is 14.7 Å². The summed E-state index contributed by atoms with van der Waals surface area (Å²) in [5.74, 6) is -0.563. The minimum atomic E-state index is -1.40. The van der Waals surface area contributed by atoms with Gasteiger partial charge in [-0.15, -0.1) is 0 Å². The molecule has 0 aliphatic carbocycles. The summed E-state index contributed by atoms with van der Waals surface area (Å²) in [4.78, 5) is 22.6. The van der Waals surface area contributed by atoms with Crippen LogP contribution in [-0.4, -0.2) is 22.3 Å². The largest absolute Gasteiger partial charge is 0.383 e. The molecule has 3 heteroatoms. The molecule has 0 spiro atoms. The van der Waals surface area contributed by atoms with E-state index in [1.807, 2.05) is 0 Å². The standard InChI is InChI=1S/C10H18O3/c1-9(2,3)7(11)6-8(12)10(4,5)13/h13H,6H2,1-5H3. The SMILES string of the molecule is CC(C)(C)C(=O)CC(=O)C(C)(C)O. The normalized spacial score (nSPS) is 12.8. The van der Waals surface area contributed by atoms with E-state index in [0.29, 0.717) is 0 Å². The molecule has 0 aromatic rings. The lowest BCUT2D eigenvalue weighted by Gasteiger charge is -2.19. The highest BCUT2D eigenvalue weighted by Gasteiger charge is 2.30. The van der Waals surface area contributed by atoms with E-state index in [1.54, 1.807) is 20.8 Å². The number of carbonyl (C=O) groups is 2. The summed E-state index contributed by atoms with van der Waals surface area (Å²) >= 11 is 0. The molecule has 1 N–H and O–H groups in total. The van der Waals surface area contributed by atoms with Crippen LogP contribution in [0.2, 0.25) is 0 Å². The van der Waals surface area contributed by atoms with Crippen LogP contribution in [-0.2, 0) is 9.59 Å². The Hall–Kier alpha value is -0.700. The minimum Gasteiger partial charge on any atom is -0.383 e. The first-order chi connectivity index (χ1) is 5.55. The molecule has 3 nitrogen and oxygen atoms in total. The van der Waals surface area contributed by atoms with Crippen LogP contribution in [0, 0.1) is 5.41 Å². The van der Waals surface area contributed by atoms with Gasteiger partial charge >= 0.3 is 0 Å². The van der Waals surface area contributed by atoms with Gasteiger partial charge in [0.15, 0.2) is 5.78 Å². The Morgan fingerprint density at radius 3 is 1.62 bits per heavy atom. The molecular weight excluding hydrogens is 168 g/mol. The highest BCUT2D eigenvalue weighted by Crippen LogP contribution is 2.18. The van der Waals surface area contributed by atoms with Gasteiger partial charge in [-0.2, -0.15) is 0 Å². The molecule has 0 saturated heterocycles. The molecule has 0 atom stereocenters. The van der Waals surface area contributed by atoms with Gasteiger partial charge in [-0.1, -0.05) is 20.8 Å². The van der Waals surface area contributed by atoms with Crippen molar-refractivity contribution in [1.82, 2.24) is 0 Å². The molecular formula is C10H18O3. The van der Waals surface area contributed by atoms with Gasteiger partial charge in [0.2, 0.25) is 0 Å². The van der Waals surface area contributed by atoms with Crippen molar-refractivity contribution in [2.45, 2.75) is 46.6 Å². The first-order valence-corrected chi connectivity index (χ1v) is 4.34. The van der Waals surface area contributed by atoms with Crippen LogP contribution in [0.4, 0.5) is 0 Å². The van der Waals surface area contributed by atoms with Crippen molar-refractivity contribution in [2.24, 2.45) is 5.41 Å². The van der Waals surface area contributed by atoms with Crippen molar-refractivity contribution in [1.29, 1.82) is 0 Å². The van der Waals surface area contributed by atoms with Crippen LogP contribution in [0.1, 0.15) is 41.0 Å². The molecule has 76 valence electrons. The Labute approximate surface area is 79.1 Å². The maximum atomic E-state index is 11.4. The molecule has 0 aromatic heterocycles. The van der Waals surface area contributed by atoms with Crippen molar-refractivity contribution in [3.8, 4) is 0 Å². The second-order valence-electron chi connectivity index (χ2n) is 4.83. The van der Waals surface area contributed by atoms with E-state index in [0.717, 1.165) is 0 Å². The zero-order valence-electron chi connectivity index (χ0n) is 8.97. The Morgan fingerprint density at radius 1 is 1.00 bits per heavy atom. The third kappa shape index (κ3) is 4.18. The summed E-state index contributed by atoms with van der Waals surface area (Å²) in [5.41, 5.74) is -1.91. The van der Waals surface area contributed by atoms with E-state index in [-0.39, 0.29) is 12.2 Å². The van der Waals surface area contributed by atoms with Crippen LogP contribution in [0.3, 0.4) is 0 Å². The first kappa shape index (κ1) is 12.3. The van der Waals surface area contributed by atoms with E-state index < -0.39 is 16.8 Å². The predicted molar refractivity (Wildman–Crippen MR) is 50.4 cm³/mol. The fraction of sp³-hybridized carbons (Fsp3) is 0.800. The Morgan fingerprint density at radius 2 is 1.38 bits per heavy atom. The second kappa shape index (κ2) is 3.58. The molecule has 0 unspecified atom stereocenters. The highest BCUT2D eigenvalue weighted by molar-refractivity contribution is 6.04. The van der Waals surface area contributed by atoms with Crippen molar-refractivity contribution >= 4 is 11.6 Å². The molecule has 0 bridgehead atoms. The number of Topliss-reactive ketones (excluding diaryl/α,β-unsaturated/α-hetero) is 2. The summed E-state index contributed by atoms with van der Waals surface area (Å²) in [6.45, 7) is 8.06. The van der Waals surface area contributed by atoms with Gasteiger partial charge in [0.05, 0.1) is 6.42 Å². The number of rotatable bonds is 3. The first-order valence-electron chi connectivity index (χ1n) is 4.34. The van der Waals surface area contributed by atoms with E-state index >= 15 is 0 Å². The van der Waals surface area contributed by atoms with Gasteiger partial charge in [0.1, 0.15) is 11.4 Å². The molecule has 0 aromatic carbocycles. The average molecular weight is 186 g/mol. The Balaban J connectivity index is 4.34. The average Bonchev–Trinajstić information content (AvgIpc) is 1.82. The number of ketones is 2. The maximum absolute atomic E-state index is 11.4. The number of hydrogen-bond donors (Lipinski definition) is 1. The Bertz CT molecular complexity index is 191. The lowest BCUT2D eigenvalue weighted by Crippen LogP contribution is -2.35. The maximum Gasteiger partial charge on any atom is 0.171 e. The van der Waals surface area contributed by atoms with Crippen LogP contribution in [0.25, 0.3) is 0 Å². The van der Waals surface area contributed by atoms with Crippen LogP contribution < -0.4 is 0 Å². The second-order valence-corrected chi connectivity index (χ2v) is 4.83. The molecule has 0 radical (unpaired) electrons. The predicted octanol–water partition coefficient (Wildman–Crippen LogP) is 1.33. The van der Waals surface area contributed by atoms with Gasteiger partial charge in [-0.05, 0) is 13.8 Å². The molecule has 0 fully saturated rings. The molecule has 0 rings (SSSR count). The molecule has 0 heterocycles. The van der Waals surface area contributed by atoms with Gasteiger partial charge < -0.3 is 5.11 Å². The van der Waals surface area contributed by atoms with E-state index in [1.165, 1.54) is 13.8 Å². The topological polar surface area (TPSA) is 54.4 Å². The van der Waals surface area contributed by atoms with Crippen molar-refractivity contribution in [2.75, 3.05) is 0 Å². The summed E-state index contributed by atoms with van der Waals surface area (Å²) in [6, 6.07) is 0. The number of carbonyl (C=O) groups excluding carboxylic acids is 2. The molecule has 13 heavy (non-hydrogen) atoms. The van der Waals surface area contributed by atoms with Crippen LogP contribution >= 0.6 is 0 Å². The monoisotopic (exact) mass is 186 g/mol.